The van der Waals surface area contributed by atoms with Crippen molar-refractivity contribution in [2.24, 2.45) is 11.1 Å². The number of carbonyl (C=O) groups excluding carboxylic acids is 1. The molecule has 0 aromatic heterocycles. The van der Waals surface area contributed by atoms with Crippen molar-refractivity contribution < 1.29 is 4.79 Å². The van der Waals surface area contributed by atoms with Crippen LogP contribution in [0.2, 0.25) is 0 Å². The molecule has 1 aromatic rings. The third kappa shape index (κ3) is 4.97. The molecule has 1 unspecified atom stereocenters. The Labute approximate surface area is 122 Å². The minimum atomic E-state index is -0.539. The second-order valence-electron chi connectivity index (χ2n) is 7.23. The summed E-state index contributed by atoms with van der Waals surface area (Å²) in [6.45, 7) is 10.9. The summed E-state index contributed by atoms with van der Waals surface area (Å²) in [4.78, 5) is 12.4. The Hall–Kier alpha value is -1.35. The lowest BCUT2D eigenvalue weighted by Crippen LogP contribution is -2.46. The molecule has 20 heavy (non-hydrogen) atoms. The monoisotopic (exact) mass is 276 g/mol. The first kappa shape index (κ1) is 16.7. The molecular formula is C17H28N2O. The summed E-state index contributed by atoms with van der Waals surface area (Å²) >= 11 is 0. The number of nitrogens with one attached hydrogen (secondary N) is 1. The molecule has 1 amide bonds. The molecule has 3 heteroatoms. The van der Waals surface area contributed by atoms with Crippen LogP contribution in [0.15, 0.2) is 30.3 Å². The van der Waals surface area contributed by atoms with Crippen LogP contribution in [0.4, 0.5) is 0 Å². The van der Waals surface area contributed by atoms with Crippen molar-refractivity contribution in [2.45, 2.75) is 52.5 Å². The van der Waals surface area contributed by atoms with Gasteiger partial charge in [0.05, 0.1) is 5.41 Å². The maximum absolute atomic E-state index is 12.4. The SMILES string of the molecule is CC(C)(C)CC(N)CNC(=O)C(C)(C)c1ccccc1. The molecule has 0 aliphatic heterocycles. The highest BCUT2D eigenvalue weighted by molar-refractivity contribution is 5.87. The van der Waals surface area contributed by atoms with E-state index < -0.39 is 5.41 Å². The molecule has 0 radical (unpaired) electrons. The average Bonchev–Trinajstić information content (AvgIpc) is 2.35. The first-order valence-corrected chi connectivity index (χ1v) is 7.22. The molecule has 0 heterocycles. The third-order valence-corrected chi connectivity index (χ3v) is 3.46. The highest BCUT2D eigenvalue weighted by Crippen LogP contribution is 2.23. The van der Waals surface area contributed by atoms with E-state index >= 15 is 0 Å². The molecule has 0 fully saturated rings. The van der Waals surface area contributed by atoms with Gasteiger partial charge < -0.3 is 11.1 Å². The van der Waals surface area contributed by atoms with E-state index in [4.69, 9.17) is 5.73 Å². The molecule has 1 rings (SSSR count). The lowest BCUT2D eigenvalue weighted by atomic mass is 9.83. The number of carbonyl (C=O) groups is 1. The Morgan fingerprint density at radius 3 is 2.20 bits per heavy atom. The van der Waals surface area contributed by atoms with E-state index in [1.54, 1.807) is 0 Å². The zero-order valence-electron chi connectivity index (χ0n) is 13.4. The standard InChI is InChI=1S/C17H28N2O/c1-16(2,3)11-14(18)12-19-15(20)17(4,5)13-9-7-6-8-10-13/h6-10,14H,11-12,18H2,1-5H3,(H,19,20). The normalized spacial score (nSPS) is 13.9. The quantitative estimate of drug-likeness (QED) is 0.869. The predicted octanol–water partition coefficient (Wildman–Crippen LogP) is 2.84. The topological polar surface area (TPSA) is 55.1 Å². The van der Waals surface area contributed by atoms with Gasteiger partial charge in [-0.25, -0.2) is 0 Å². The van der Waals surface area contributed by atoms with Gasteiger partial charge in [0.2, 0.25) is 5.91 Å². The van der Waals surface area contributed by atoms with Gasteiger partial charge in [-0.15, -0.1) is 0 Å². The minimum Gasteiger partial charge on any atom is -0.354 e. The number of benzene rings is 1. The summed E-state index contributed by atoms with van der Waals surface area (Å²) in [7, 11) is 0. The number of rotatable bonds is 5. The van der Waals surface area contributed by atoms with E-state index in [-0.39, 0.29) is 17.4 Å². The Morgan fingerprint density at radius 1 is 1.15 bits per heavy atom. The van der Waals surface area contributed by atoms with Crippen molar-refractivity contribution in [3.63, 3.8) is 0 Å². The van der Waals surface area contributed by atoms with Gasteiger partial charge in [0.25, 0.3) is 0 Å². The average molecular weight is 276 g/mol. The fraction of sp³-hybridized carbons (Fsp3) is 0.588. The molecule has 1 atom stereocenters. The maximum Gasteiger partial charge on any atom is 0.230 e. The fourth-order valence-electron chi connectivity index (χ4n) is 2.29. The van der Waals surface area contributed by atoms with Crippen molar-refractivity contribution in [1.82, 2.24) is 5.32 Å². The van der Waals surface area contributed by atoms with Gasteiger partial charge in [-0.05, 0) is 31.2 Å². The number of amides is 1. The van der Waals surface area contributed by atoms with Crippen LogP contribution in [0.1, 0.15) is 46.6 Å². The summed E-state index contributed by atoms with van der Waals surface area (Å²) in [6.07, 6.45) is 0.888. The Kier molecular flexibility index (Phi) is 5.35. The molecule has 0 aliphatic carbocycles. The predicted molar refractivity (Wildman–Crippen MR) is 84.5 cm³/mol. The zero-order valence-corrected chi connectivity index (χ0v) is 13.4. The number of nitrogens with two attached hydrogens (primary N) is 1. The maximum atomic E-state index is 12.4. The van der Waals surface area contributed by atoms with Gasteiger partial charge in [0.15, 0.2) is 0 Å². The summed E-state index contributed by atoms with van der Waals surface area (Å²) in [5.74, 6) is 0.0214. The lowest BCUT2D eigenvalue weighted by molar-refractivity contribution is -0.125. The summed E-state index contributed by atoms with van der Waals surface area (Å²) in [5.41, 5.74) is 6.73. The highest BCUT2D eigenvalue weighted by atomic mass is 16.2. The first-order valence-electron chi connectivity index (χ1n) is 7.22. The fourth-order valence-corrected chi connectivity index (χ4v) is 2.29. The van der Waals surface area contributed by atoms with Gasteiger partial charge >= 0.3 is 0 Å². The smallest absolute Gasteiger partial charge is 0.230 e. The molecule has 3 nitrogen and oxygen atoms in total. The van der Waals surface area contributed by atoms with Gasteiger partial charge in [-0.1, -0.05) is 51.1 Å². The van der Waals surface area contributed by atoms with Crippen LogP contribution in [-0.2, 0) is 10.2 Å². The van der Waals surface area contributed by atoms with E-state index in [1.165, 1.54) is 0 Å². The van der Waals surface area contributed by atoms with Crippen molar-refractivity contribution in [3.8, 4) is 0 Å². The van der Waals surface area contributed by atoms with E-state index in [0.29, 0.717) is 6.54 Å². The molecule has 3 N–H and O–H groups in total. The molecule has 0 aliphatic rings. The van der Waals surface area contributed by atoms with Crippen LogP contribution in [0, 0.1) is 5.41 Å². The van der Waals surface area contributed by atoms with Gasteiger partial charge in [-0.2, -0.15) is 0 Å². The third-order valence-electron chi connectivity index (χ3n) is 3.46. The Bertz CT molecular complexity index is 432. The number of hydrogen-bond donors (Lipinski definition) is 2. The molecule has 112 valence electrons. The van der Waals surface area contributed by atoms with Gasteiger partial charge in [-0.3, -0.25) is 4.79 Å². The molecule has 0 saturated heterocycles. The van der Waals surface area contributed by atoms with Crippen LogP contribution >= 0.6 is 0 Å². The molecule has 0 saturated carbocycles. The highest BCUT2D eigenvalue weighted by Gasteiger charge is 2.29. The van der Waals surface area contributed by atoms with Crippen molar-refractivity contribution >= 4 is 5.91 Å². The summed E-state index contributed by atoms with van der Waals surface area (Å²) in [5, 5.41) is 2.98. The van der Waals surface area contributed by atoms with Crippen molar-refractivity contribution in [1.29, 1.82) is 0 Å². The van der Waals surface area contributed by atoms with Crippen molar-refractivity contribution in [2.75, 3.05) is 6.54 Å². The van der Waals surface area contributed by atoms with Crippen molar-refractivity contribution in [3.05, 3.63) is 35.9 Å². The Balaban J connectivity index is 2.59. The number of hydrogen-bond acceptors (Lipinski definition) is 2. The van der Waals surface area contributed by atoms with Gasteiger partial charge in [0, 0.05) is 12.6 Å². The Morgan fingerprint density at radius 2 is 1.70 bits per heavy atom. The second kappa shape index (κ2) is 6.40. The summed E-state index contributed by atoms with van der Waals surface area (Å²) < 4.78 is 0. The van der Waals surface area contributed by atoms with Crippen LogP contribution in [-0.4, -0.2) is 18.5 Å². The lowest BCUT2D eigenvalue weighted by Gasteiger charge is -2.27. The largest absolute Gasteiger partial charge is 0.354 e. The van der Waals surface area contributed by atoms with E-state index in [9.17, 15) is 4.79 Å². The molecular weight excluding hydrogens is 248 g/mol. The summed E-state index contributed by atoms with van der Waals surface area (Å²) in [6, 6.07) is 9.82. The zero-order chi connectivity index (χ0) is 15.4. The second-order valence-corrected chi connectivity index (χ2v) is 7.23. The molecule has 0 spiro atoms. The van der Waals surface area contributed by atoms with Gasteiger partial charge in [0.1, 0.15) is 0 Å². The van der Waals surface area contributed by atoms with Crippen LogP contribution < -0.4 is 11.1 Å². The van der Waals surface area contributed by atoms with Crippen LogP contribution in [0.3, 0.4) is 0 Å². The van der Waals surface area contributed by atoms with E-state index in [0.717, 1.165) is 12.0 Å². The van der Waals surface area contributed by atoms with Crippen LogP contribution in [0.5, 0.6) is 0 Å². The minimum absolute atomic E-state index is 0.00877. The van der Waals surface area contributed by atoms with E-state index in [1.807, 2.05) is 44.2 Å². The molecule has 0 bridgehead atoms. The van der Waals surface area contributed by atoms with E-state index in [2.05, 4.69) is 26.1 Å². The van der Waals surface area contributed by atoms with Crippen LogP contribution in [0.25, 0.3) is 0 Å². The first-order chi connectivity index (χ1) is 9.13. The molecule has 1 aromatic carbocycles.